The van der Waals surface area contributed by atoms with Gasteiger partial charge in [0.2, 0.25) is 0 Å². The predicted octanol–water partition coefficient (Wildman–Crippen LogP) is 1.71. The molecule has 0 bridgehead atoms. The summed E-state index contributed by atoms with van der Waals surface area (Å²) in [5, 5.41) is 3.42. The lowest BCUT2D eigenvalue weighted by Gasteiger charge is -2.21. The van der Waals surface area contributed by atoms with E-state index >= 15 is 0 Å². The third kappa shape index (κ3) is 9.53. The van der Waals surface area contributed by atoms with E-state index in [2.05, 4.69) is 31.1 Å². The van der Waals surface area contributed by atoms with E-state index in [4.69, 9.17) is 9.47 Å². The monoisotopic (exact) mass is 246 g/mol. The fourth-order valence-electron chi connectivity index (χ4n) is 1.45. The second kappa shape index (κ2) is 11.0. The van der Waals surface area contributed by atoms with Crippen LogP contribution in [-0.2, 0) is 9.47 Å². The van der Waals surface area contributed by atoms with Crippen molar-refractivity contribution in [2.75, 3.05) is 39.9 Å². The molecule has 0 amide bonds. The molecule has 4 heteroatoms. The van der Waals surface area contributed by atoms with Gasteiger partial charge in [-0.15, -0.1) is 0 Å². The first kappa shape index (κ1) is 16.8. The Balaban J connectivity index is 3.47. The van der Waals surface area contributed by atoms with Crippen molar-refractivity contribution in [1.82, 2.24) is 10.2 Å². The van der Waals surface area contributed by atoms with Gasteiger partial charge in [0, 0.05) is 45.3 Å². The minimum Gasteiger partial charge on any atom is -0.353 e. The van der Waals surface area contributed by atoms with Gasteiger partial charge in [0.25, 0.3) is 0 Å². The molecular weight excluding hydrogens is 216 g/mol. The molecule has 0 aromatic carbocycles. The molecule has 1 N–H and O–H groups in total. The molecule has 0 radical (unpaired) electrons. The van der Waals surface area contributed by atoms with Gasteiger partial charge in [-0.3, -0.25) is 0 Å². The van der Waals surface area contributed by atoms with E-state index in [1.807, 2.05) is 13.8 Å². The topological polar surface area (TPSA) is 33.7 Å². The van der Waals surface area contributed by atoms with E-state index in [9.17, 15) is 0 Å². The van der Waals surface area contributed by atoms with Crippen molar-refractivity contribution in [3.63, 3.8) is 0 Å². The van der Waals surface area contributed by atoms with Gasteiger partial charge in [0.05, 0.1) is 0 Å². The van der Waals surface area contributed by atoms with Crippen LogP contribution >= 0.6 is 0 Å². The highest BCUT2D eigenvalue weighted by molar-refractivity contribution is 4.59. The molecule has 104 valence electrons. The van der Waals surface area contributed by atoms with Gasteiger partial charge in [-0.1, -0.05) is 0 Å². The zero-order valence-electron chi connectivity index (χ0n) is 12.2. The third-order valence-corrected chi connectivity index (χ3v) is 2.78. The quantitative estimate of drug-likeness (QED) is 0.444. The van der Waals surface area contributed by atoms with Gasteiger partial charge in [-0.25, -0.2) is 0 Å². The van der Waals surface area contributed by atoms with Gasteiger partial charge < -0.3 is 19.7 Å². The lowest BCUT2D eigenvalue weighted by molar-refractivity contribution is -0.138. The molecule has 0 aliphatic heterocycles. The van der Waals surface area contributed by atoms with E-state index in [-0.39, 0.29) is 6.29 Å². The molecule has 0 aromatic rings. The first-order valence-electron chi connectivity index (χ1n) is 6.75. The molecule has 4 nitrogen and oxygen atoms in total. The van der Waals surface area contributed by atoms with Crippen LogP contribution in [-0.4, -0.2) is 57.1 Å². The number of hydrogen-bond acceptors (Lipinski definition) is 4. The SMILES string of the molecule is CCOC(CCNCCN(C)C(C)C)OCC. The zero-order chi connectivity index (χ0) is 13.1. The maximum Gasteiger partial charge on any atom is 0.158 e. The van der Waals surface area contributed by atoms with Crippen molar-refractivity contribution < 1.29 is 9.47 Å². The second-order valence-corrected chi connectivity index (χ2v) is 4.45. The summed E-state index contributed by atoms with van der Waals surface area (Å²) >= 11 is 0. The van der Waals surface area contributed by atoms with Crippen LogP contribution in [0.25, 0.3) is 0 Å². The number of rotatable bonds is 11. The number of nitrogens with zero attached hydrogens (tertiary/aromatic N) is 1. The minimum atomic E-state index is -0.0553. The number of hydrogen-bond donors (Lipinski definition) is 1. The van der Waals surface area contributed by atoms with E-state index in [0.29, 0.717) is 19.3 Å². The maximum absolute atomic E-state index is 5.48. The fraction of sp³-hybridized carbons (Fsp3) is 1.00. The van der Waals surface area contributed by atoms with Crippen LogP contribution < -0.4 is 5.32 Å². The van der Waals surface area contributed by atoms with Crippen molar-refractivity contribution in [2.45, 2.75) is 46.4 Å². The van der Waals surface area contributed by atoms with Crippen LogP contribution in [0.1, 0.15) is 34.1 Å². The van der Waals surface area contributed by atoms with Crippen molar-refractivity contribution in [3.8, 4) is 0 Å². The highest BCUT2D eigenvalue weighted by Crippen LogP contribution is 1.99. The van der Waals surface area contributed by atoms with Crippen LogP contribution in [0.3, 0.4) is 0 Å². The van der Waals surface area contributed by atoms with Crippen LogP contribution in [0.15, 0.2) is 0 Å². The van der Waals surface area contributed by atoms with Gasteiger partial charge >= 0.3 is 0 Å². The van der Waals surface area contributed by atoms with Crippen molar-refractivity contribution in [3.05, 3.63) is 0 Å². The first-order chi connectivity index (χ1) is 8.11. The summed E-state index contributed by atoms with van der Waals surface area (Å²) in [6, 6.07) is 0.608. The lowest BCUT2D eigenvalue weighted by Crippen LogP contribution is -2.35. The summed E-state index contributed by atoms with van der Waals surface area (Å²) in [4.78, 5) is 2.33. The van der Waals surface area contributed by atoms with Crippen LogP contribution in [0, 0.1) is 0 Å². The molecule has 0 saturated heterocycles. The molecule has 0 spiro atoms. The standard InChI is InChI=1S/C13H30N2O2/c1-6-16-13(17-7-2)8-9-14-10-11-15(5)12(3)4/h12-14H,6-11H2,1-5H3. The molecule has 0 rings (SSSR count). The van der Waals surface area contributed by atoms with Crippen LogP contribution in [0.4, 0.5) is 0 Å². The molecule has 0 heterocycles. The Morgan fingerprint density at radius 1 is 1.06 bits per heavy atom. The predicted molar refractivity (Wildman–Crippen MR) is 72.3 cm³/mol. The molecular formula is C13H30N2O2. The molecule has 17 heavy (non-hydrogen) atoms. The fourth-order valence-corrected chi connectivity index (χ4v) is 1.45. The lowest BCUT2D eigenvalue weighted by atomic mass is 10.3. The Morgan fingerprint density at radius 3 is 2.12 bits per heavy atom. The summed E-state index contributed by atoms with van der Waals surface area (Å²) in [6.45, 7) is 12.9. The first-order valence-corrected chi connectivity index (χ1v) is 6.75. The summed E-state index contributed by atoms with van der Waals surface area (Å²) in [7, 11) is 2.15. The Bertz CT molecular complexity index is 159. The van der Waals surface area contributed by atoms with Crippen molar-refractivity contribution in [1.29, 1.82) is 0 Å². The third-order valence-electron chi connectivity index (χ3n) is 2.78. The summed E-state index contributed by atoms with van der Waals surface area (Å²) < 4.78 is 11.0. The minimum absolute atomic E-state index is 0.0553. The molecule has 0 aromatic heterocycles. The molecule has 0 unspecified atom stereocenters. The average molecular weight is 246 g/mol. The van der Waals surface area contributed by atoms with Crippen LogP contribution in [0.2, 0.25) is 0 Å². The highest BCUT2D eigenvalue weighted by atomic mass is 16.7. The van der Waals surface area contributed by atoms with Gasteiger partial charge in [-0.2, -0.15) is 0 Å². The van der Waals surface area contributed by atoms with Crippen molar-refractivity contribution >= 4 is 0 Å². The Morgan fingerprint density at radius 2 is 1.65 bits per heavy atom. The molecule has 0 aliphatic rings. The Hall–Kier alpha value is -0.160. The van der Waals surface area contributed by atoms with Crippen molar-refractivity contribution in [2.24, 2.45) is 0 Å². The Labute approximate surface area is 107 Å². The van der Waals surface area contributed by atoms with Gasteiger partial charge in [0.15, 0.2) is 6.29 Å². The second-order valence-electron chi connectivity index (χ2n) is 4.45. The summed E-state index contributed by atoms with van der Waals surface area (Å²) in [5.74, 6) is 0. The van der Waals surface area contributed by atoms with E-state index in [0.717, 1.165) is 26.1 Å². The van der Waals surface area contributed by atoms with Crippen LogP contribution in [0.5, 0.6) is 0 Å². The summed E-state index contributed by atoms with van der Waals surface area (Å²) in [6.07, 6.45) is 0.855. The van der Waals surface area contributed by atoms with E-state index in [1.165, 1.54) is 0 Å². The molecule has 0 saturated carbocycles. The molecule has 0 fully saturated rings. The van der Waals surface area contributed by atoms with Gasteiger partial charge in [-0.05, 0) is 34.7 Å². The zero-order valence-corrected chi connectivity index (χ0v) is 12.2. The average Bonchev–Trinajstić information content (AvgIpc) is 2.28. The number of likely N-dealkylation sites (N-methyl/N-ethyl adjacent to an activating group) is 1. The van der Waals surface area contributed by atoms with Gasteiger partial charge in [0.1, 0.15) is 0 Å². The van der Waals surface area contributed by atoms with E-state index in [1.54, 1.807) is 0 Å². The molecule has 0 aliphatic carbocycles. The summed E-state index contributed by atoms with van der Waals surface area (Å²) in [5.41, 5.74) is 0. The normalized spacial score (nSPS) is 12.0. The largest absolute Gasteiger partial charge is 0.353 e. The Kier molecular flexibility index (Phi) is 10.9. The number of nitrogens with one attached hydrogen (secondary N) is 1. The molecule has 0 atom stereocenters. The highest BCUT2D eigenvalue weighted by Gasteiger charge is 2.07. The van der Waals surface area contributed by atoms with E-state index < -0.39 is 0 Å². The maximum atomic E-state index is 5.48. The number of ether oxygens (including phenoxy) is 2. The smallest absolute Gasteiger partial charge is 0.158 e.